The average Bonchev–Trinajstić information content (AvgIpc) is 2.80. The fourth-order valence-electron chi connectivity index (χ4n) is 2.94. The fraction of sp³-hybridized carbons (Fsp3) is 0.375. The van der Waals surface area contributed by atoms with E-state index in [-0.39, 0.29) is 6.04 Å². The van der Waals surface area contributed by atoms with Crippen LogP contribution in [0.1, 0.15) is 47.9 Å². The summed E-state index contributed by atoms with van der Waals surface area (Å²) in [5.74, 6) is 0. The first kappa shape index (κ1) is 15.6. The summed E-state index contributed by atoms with van der Waals surface area (Å²) in [5.41, 5.74) is 2.43. The highest BCUT2D eigenvalue weighted by Gasteiger charge is 2.24. The topological polar surface area (TPSA) is 12.0 Å². The maximum Gasteiger partial charge on any atom is 0.0934 e. The van der Waals surface area contributed by atoms with Crippen LogP contribution in [-0.2, 0) is 6.42 Å². The van der Waals surface area contributed by atoms with Crippen LogP contribution in [0.2, 0.25) is 14.4 Å². The molecular formula is C16H16Cl3NS. The molecular weight excluding hydrogens is 345 g/mol. The molecule has 112 valence electrons. The van der Waals surface area contributed by atoms with Crippen molar-refractivity contribution < 1.29 is 0 Å². The van der Waals surface area contributed by atoms with Crippen molar-refractivity contribution in [1.82, 2.24) is 5.32 Å². The van der Waals surface area contributed by atoms with E-state index in [1.807, 2.05) is 12.1 Å². The molecule has 1 aliphatic rings. The van der Waals surface area contributed by atoms with Crippen LogP contribution in [0, 0.1) is 0 Å². The molecule has 0 amide bonds. The summed E-state index contributed by atoms with van der Waals surface area (Å²) in [7, 11) is 0. The Hall–Kier alpha value is -0.250. The van der Waals surface area contributed by atoms with Gasteiger partial charge in [0, 0.05) is 27.0 Å². The normalized spacial score (nSPS) is 19.3. The second-order valence-corrected chi connectivity index (χ2v) is 8.04. The molecule has 2 atom stereocenters. The van der Waals surface area contributed by atoms with Gasteiger partial charge >= 0.3 is 0 Å². The van der Waals surface area contributed by atoms with E-state index < -0.39 is 0 Å². The predicted octanol–water partition coefficient (Wildman–Crippen LogP) is 6.44. The van der Waals surface area contributed by atoms with Gasteiger partial charge in [0.2, 0.25) is 0 Å². The molecule has 5 heteroatoms. The Morgan fingerprint density at radius 3 is 2.81 bits per heavy atom. The smallest absolute Gasteiger partial charge is 0.0934 e. The lowest BCUT2D eigenvalue weighted by atomic mass is 9.93. The molecule has 1 N–H and O–H groups in total. The molecule has 1 heterocycles. The predicted molar refractivity (Wildman–Crippen MR) is 93.0 cm³/mol. The average molecular weight is 361 g/mol. The van der Waals surface area contributed by atoms with Gasteiger partial charge in [-0.15, -0.1) is 11.3 Å². The van der Waals surface area contributed by atoms with Crippen LogP contribution in [0.25, 0.3) is 0 Å². The van der Waals surface area contributed by atoms with Crippen LogP contribution in [0.5, 0.6) is 0 Å². The molecule has 2 aromatic rings. The van der Waals surface area contributed by atoms with Gasteiger partial charge in [-0.3, -0.25) is 0 Å². The third kappa shape index (κ3) is 3.40. The number of nitrogens with one attached hydrogen (secondary N) is 1. The van der Waals surface area contributed by atoms with Gasteiger partial charge < -0.3 is 5.32 Å². The number of benzene rings is 1. The molecule has 0 saturated heterocycles. The number of fused-ring (bicyclic) bond motifs is 1. The first-order valence-electron chi connectivity index (χ1n) is 7.03. The lowest BCUT2D eigenvalue weighted by Gasteiger charge is -2.27. The molecule has 0 saturated carbocycles. The second-order valence-electron chi connectivity index (χ2n) is 5.43. The Bertz CT molecular complexity index is 653. The van der Waals surface area contributed by atoms with E-state index in [1.165, 1.54) is 16.9 Å². The van der Waals surface area contributed by atoms with E-state index in [9.17, 15) is 0 Å². The summed E-state index contributed by atoms with van der Waals surface area (Å²) in [6.07, 6.45) is 3.47. The van der Waals surface area contributed by atoms with Crippen LogP contribution in [0.3, 0.4) is 0 Å². The van der Waals surface area contributed by atoms with E-state index in [2.05, 4.69) is 18.3 Å². The molecule has 2 unspecified atom stereocenters. The molecule has 0 fully saturated rings. The highest BCUT2D eigenvalue weighted by atomic mass is 35.5. The summed E-state index contributed by atoms with van der Waals surface area (Å²) in [4.78, 5) is 1.41. The van der Waals surface area contributed by atoms with Crippen molar-refractivity contribution in [2.75, 3.05) is 0 Å². The molecule has 1 aromatic heterocycles. The maximum atomic E-state index is 6.30. The van der Waals surface area contributed by atoms with Crippen molar-refractivity contribution in [3.63, 3.8) is 0 Å². The molecule has 1 aromatic carbocycles. The summed E-state index contributed by atoms with van der Waals surface area (Å²) in [6, 6.07) is 8.30. The number of halogens is 3. The molecule has 3 rings (SSSR count). The van der Waals surface area contributed by atoms with Crippen molar-refractivity contribution in [2.45, 2.75) is 38.3 Å². The van der Waals surface area contributed by atoms with Crippen LogP contribution in [0.4, 0.5) is 0 Å². The summed E-state index contributed by atoms with van der Waals surface area (Å²) < 4.78 is 0.880. The minimum atomic E-state index is 0.171. The number of rotatable bonds is 3. The van der Waals surface area contributed by atoms with Crippen LogP contribution in [0.15, 0.2) is 24.3 Å². The van der Waals surface area contributed by atoms with E-state index in [1.54, 1.807) is 17.4 Å². The molecule has 0 aliphatic heterocycles. The lowest BCUT2D eigenvalue weighted by Crippen LogP contribution is -2.27. The summed E-state index contributed by atoms with van der Waals surface area (Å²) >= 11 is 20.1. The third-order valence-electron chi connectivity index (χ3n) is 3.96. The third-order valence-corrected chi connectivity index (χ3v) is 5.87. The maximum absolute atomic E-state index is 6.30. The molecule has 1 nitrogen and oxygen atoms in total. The van der Waals surface area contributed by atoms with E-state index in [0.717, 1.165) is 22.7 Å². The van der Waals surface area contributed by atoms with Crippen molar-refractivity contribution in [1.29, 1.82) is 0 Å². The quantitative estimate of drug-likeness (QED) is 0.664. The largest absolute Gasteiger partial charge is 0.303 e. The van der Waals surface area contributed by atoms with Crippen LogP contribution in [-0.4, -0.2) is 0 Å². The Morgan fingerprint density at radius 2 is 2.05 bits per heavy atom. The zero-order valence-electron chi connectivity index (χ0n) is 11.6. The fourth-order valence-corrected chi connectivity index (χ4v) is 4.89. The van der Waals surface area contributed by atoms with Crippen LogP contribution < -0.4 is 5.32 Å². The van der Waals surface area contributed by atoms with Gasteiger partial charge in [0.15, 0.2) is 0 Å². The van der Waals surface area contributed by atoms with Gasteiger partial charge in [-0.25, -0.2) is 0 Å². The monoisotopic (exact) mass is 359 g/mol. The van der Waals surface area contributed by atoms with Gasteiger partial charge in [-0.2, -0.15) is 0 Å². The lowest BCUT2D eigenvalue weighted by molar-refractivity contribution is 0.418. The van der Waals surface area contributed by atoms with Gasteiger partial charge in [0.25, 0.3) is 0 Å². The Balaban J connectivity index is 1.80. The molecule has 1 aliphatic carbocycles. The zero-order chi connectivity index (χ0) is 15.0. The number of aryl methyl sites for hydroxylation is 1. The minimum Gasteiger partial charge on any atom is -0.303 e. The van der Waals surface area contributed by atoms with Crippen molar-refractivity contribution in [3.05, 3.63) is 54.7 Å². The van der Waals surface area contributed by atoms with Gasteiger partial charge in [-0.05, 0) is 55.5 Å². The first-order chi connectivity index (χ1) is 10.0. The Kier molecular flexibility index (Phi) is 4.82. The highest BCUT2D eigenvalue weighted by molar-refractivity contribution is 7.16. The van der Waals surface area contributed by atoms with Crippen molar-refractivity contribution in [2.24, 2.45) is 0 Å². The Labute approximate surface area is 144 Å². The standard InChI is InChI=1S/C16H16Cl3NS/c1-9(11-6-5-10(17)7-13(11)18)20-14-3-2-4-15-12(14)8-16(19)21-15/h5-9,14,20H,2-4H2,1H3. The van der Waals surface area contributed by atoms with E-state index >= 15 is 0 Å². The van der Waals surface area contributed by atoms with Gasteiger partial charge in [0.1, 0.15) is 0 Å². The summed E-state index contributed by atoms with van der Waals surface area (Å²) in [5, 5.41) is 5.06. The molecule has 0 bridgehead atoms. The molecule has 0 spiro atoms. The highest BCUT2D eigenvalue weighted by Crippen LogP contribution is 2.39. The molecule has 0 radical (unpaired) electrons. The Morgan fingerprint density at radius 1 is 1.24 bits per heavy atom. The first-order valence-corrected chi connectivity index (χ1v) is 8.98. The van der Waals surface area contributed by atoms with Crippen molar-refractivity contribution in [3.8, 4) is 0 Å². The number of thiophene rings is 1. The van der Waals surface area contributed by atoms with Gasteiger partial charge in [0.05, 0.1) is 4.34 Å². The summed E-state index contributed by atoms with van der Waals surface area (Å²) in [6.45, 7) is 2.14. The van der Waals surface area contributed by atoms with E-state index in [0.29, 0.717) is 16.1 Å². The minimum absolute atomic E-state index is 0.171. The molecule has 21 heavy (non-hydrogen) atoms. The zero-order valence-corrected chi connectivity index (χ0v) is 14.7. The second kappa shape index (κ2) is 6.47. The van der Waals surface area contributed by atoms with E-state index in [4.69, 9.17) is 34.8 Å². The van der Waals surface area contributed by atoms with Gasteiger partial charge in [-0.1, -0.05) is 40.9 Å². The number of hydrogen-bond donors (Lipinski definition) is 1. The number of hydrogen-bond acceptors (Lipinski definition) is 2. The van der Waals surface area contributed by atoms with Crippen LogP contribution >= 0.6 is 46.1 Å². The SMILES string of the molecule is CC(NC1CCCc2sc(Cl)cc21)c1ccc(Cl)cc1Cl. The van der Waals surface area contributed by atoms with Crippen molar-refractivity contribution >= 4 is 46.1 Å².